The molecule has 2 aromatic heterocycles. The van der Waals surface area contributed by atoms with Crippen LogP contribution in [0.5, 0.6) is 0 Å². The first-order chi connectivity index (χ1) is 16.6. The molecule has 1 aliphatic rings. The van der Waals surface area contributed by atoms with Gasteiger partial charge in [-0.25, -0.2) is 0 Å². The average molecular weight is 476 g/mol. The van der Waals surface area contributed by atoms with Crippen molar-refractivity contribution < 1.29 is 9.53 Å². The van der Waals surface area contributed by atoms with Crippen LogP contribution in [0, 0.1) is 0 Å². The summed E-state index contributed by atoms with van der Waals surface area (Å²) in [5.74, 6) is 0.766. The van der Waals surface area contributed by atoms with Crippen LogP contribution in [-0.4, -0.2) is 43.6 Å². The number of aromatic amines is 1. The second-order valence-corrected chi connectivity index (χ2v) is 10.0. The zero-order valence-corrected chi connectivity index (χ0v) is 20.2. The molecule has 3 heterocycles. The summed E-state index contributed by atoms with van der Waals surface area (Å²) < 4.78 is 8.03. The monoisotopic (exact) mass is 475 g/mol. The van der Waals surface area contributed by atoms with Crippen molar-refractivity contribution in [2.24, 2.45) is 0 Å². The van der Waals surface area contributed by atoms with E-state index >= 15 is 0 Å². The van der Waals surface area contributed by atoms with Gasteiger partial charge in [-0.1, -0.05) is 60.3 Å². The van der Waals surface area contributed by atoms with Gasteiger partial charge in [0.2, 0.25) is 5.91 Å². The van der Waals surface area contributed by atoms with E-state index in [1.807, 2.05) is 62.5 Å². The maximum atomic E-state index is 13.0. The number of hydrogen-bond acceptors (Lipinski definition) is 5. The molecule has 1 aliphatic heterocycles. The first-order valence-electron chi connectivity index (χ1n) is 11.7. The van der Waals surface area contributed by atoms with Gasteiger partial charge in [0.25, 0.3) is 0 Å². The lowest BCUT2D eigenvalue weighted by Gasteiger charge is -2.19. The Bertz CT molecular complexity index is 1260. The standard InChI is InChI=1S/C26H29N5O2S/c1-17(19-9-4-3-5-10-19)28-25(32)18(2)34-26-30-29-24(31(26)16-20-11-8-14-33-20)22-15-27-23-13-7-6-12-21(22)23/h3-7,9-10,12-13,15,17-18,20,27H,8,11,14,16H2,1-2H3,(H,28,32). The number of hydrogen-bond donors (Lipinski definition) is 2. The minimum Gasteiger partial charge on any atom is -0.376 e. The highest BCUT2D eigenvalue weighted by molar-refractivity contribution is 8.00. The number of fused-ring (bicyclic) bond motifs is 1. The predicted octanol–water partition coefficient (Wildman–Crippen LogP) is 4.96. The van der Waals surface area contributed by atoms with Crippen LogP contribution in [-0.2, 0) is 16.1 Å². The zero-order valence-electron chi connectivity index (χ0n) is 19.4. The van der Waals surface area contributed by atoms with Gasteiger partial charge in [0.15, 0.2) is 11.0 Å². The van der Waals surface area contributed by atoms with Crippen LogP contribution >= 0.6 is 11.8 Å². The minimum atomic E-state index is -0.325. The van der Waals surface area contributed by atoms with Crippen molar-refractivity contribution in [3.05, 3.63) is 66.4 Å². The van der Waals surface area contributed by atoms with Gasteiger partial charge in [0.1, 0.15) is 0 Å². The highest BCUT2D eigenvalue weighted by atomic mass is 32.2. The molecule has 1 amide bonds. The quantitative estimate of drug-likeness (QED) is 0.352. The van der Waals surface area contributed by atoms with E-state index in [0.29, 0.717) is 6.54 Å². The molecule has 0 bridgehead atoms. The molecular formula is C26H29N5O2S. The van der Waals surface area contributed by atoms with Crippen LogP contribution in [0.4, 0.5) is 0 Å². The summed E-state index contributed by atoms with van der Waals surface area (Å²) in [6, 6.07) is 18.1. The number of nitrogens with zero attached hydrogens (tertiary/aromatic N) is 3. The fraction of sp³-hybridized carbons (Fsp3) is 0.346. The molecule has 3 unspecified atom stereocenters. The van der Waals surface area contributed by atoms with Crippen LogP contribution in [0.15, 0.2) is 66.0 Å². The smallest absolute Gasteiger partial charge is 0.233 e. The van der Waals surface area contributed by atoms with E-state index in [-0.39, 0.29) is 23.3 Å². The minimum absolute atomic E-state index is 0.0262. The molecule has 4 aromatic rings. The van der Waals surface area contributed by atoms with E-state index in [1.165, 1.54) is 11.8 Å². The van der Waals surface area contributed by atoms with E-state index in [9.17, 15) is 4.79 Å². The topological polar surface area (TPSA) is 84.8 Å². The summed E-state index contributed by atoms with van der Waals surface area (Å²) in [4.78, 5) is 16.3. The number of amides is 1. The summed E-state index contributed by atoms with van der Waals surface area (Å²) in [5.41, 5.74) is 3.14. The molecule has 0 aliphatic carbocycles. The van der Waals surface area contributed by atoms with Crippen LogP contribution in [0.2, 0.25) is 0 Å². The Labute approximate surface area is 203 Å². The summed E-state index contributed by atoms with van der Waals surface area (Å²) >= 11 is 1.43. The molecule has 5 rings (SSSR count). The van der Waals surface area contributed by atoms with E-state index in [0.717, 1.165) is 52.5 Å². The van der Waals surface area contributed by atoms with Gasteiger partial charge in [0, 0.05) is 29.3 Å². The summed E-state index contributed by atoms with van der Waals surface area (Å²) in [7, 11) is 0. The maximum absolute atomic E-state index is 13.0. The van der Waals surface area contributed by atoms with E-state index < -0.39 is 0 Å². The molecular weight excluding hydrogens is 446 g/mol. The maximum Gasteiger partial charge on any atom is 0.233 e. The molecule has 1 fully saturated rings. The van der Waals surface area contributed by atoms with Crippen molar-refractivity contribution in [2.45, 2.75) is 55.8 Å². The van der Waals surface area contributed by atoms with Crippen molar-refractivity contribution in [1.82, 2.24) is 25.1 Å². The van der Waals surface area contributed by atoms with Crippen molar-refractivity contribution in [3.8, 4) is 11.4 Å². The van der Waals surface area contributed by atoms with Crippen molar-refractivity contribution in [1.29, 1.82) is 0 Å². The predicted molar refractivity (Wildman–Crippen MR) is 135 cm³/mol. The van der Waals surface area contributed by atoms with Gasteiger partial charge < -0.3 is 15.0 Å². The Balaban J connectivity index is 1.39. The number of nitrogens with one attached hydrogen (secondary N) is 2. The van der Waals surface area contributed by atoms with Crippen LogP contribution in [0.3, 0.4) is 0 Å². The number of thioether (sulfide) groups is 1. The van der Waals surface area contributed by atoms with Gasteiger partial charge in [-0.15, -0.1) is 10.2 Å². The number of carbonyl (C=O) groups is 1. The highest BCUT2D eigenvalue weighted by Gasteiger charge is 2.26. The zero-order chi connectivity index (χ0) is 23.5. The number of para-hydroxylation sites is 1. The summed E-state index contributed by atoms with van der Waals surface area (Å²) in [6.45, 7) is 5.36. The molecule has 2 aromatic carbocycles. The third-order valence-corrected chi connectivity index (χ3v) is 7.35. The van der Waals surface area contributed by atoms with Crippen molar-refractivity contribution in [2.75, 3.05) is 6.61 Å². The molecule has 7 nitrogen and oxygen atoms in total. The number of H-pyrrole nitrogens is 1. The first kappa shape index (κ1) is 22.7. The Morgan fingerprint density at radius 1 is 1.18 bits per heavy atom. The fourth-order valence-electron chi connectivity index (χ4n) is 4.36. The molecule has 0 saturated carbocycles. The van der Waals surface area contributed by atoms with Crippen LogP contribution in [0.25, 0.3) is 22.3 Å². The van der Waals surface area contributed by atoms with E-state index in [2.05, 4.69) is 37.2 Å². The van der Waals surface area contributed by atoms with Gasteiger partial charge in [-0.2, -0.15) is 0 Å². The molecule has 8 heteroatoms. The Morgan fingerprint density at radius 2 is 1.97 bits per heavy atom. The first-order valence-corrected chi connectivity index (χ1v) is 12.6. The number of ether oxygens (including phenoxy) is 1. The summed E-state index contributed by atoms with van der Waals surface area (Å²) in [6.07, 6.45) is 4.18. The molecule has 3 atom stereocenters. The third kappa shape index (κ3) is 4.74. The SMILES string of the molecule is CC(Sc1nnc(-c2c[nH]c3ccccc23)n1CC1CCCO1)C(=O)NC(C)c1ccccc1. The van der Waals surface area contributed by atoms with Gasteiger partial charge >= 0.3 is 0 Å². The lowest BCUT2D eigenvalue weighted by molar-refractivity contribution is -0.120. The molecule has 0 spiro atoms. The second-order valence-electron chi connectivity index (χ2n) is 8.70. The number of benzene rings is 2. The Kier molecular flexibility index (Phi) is 6.69. The molecule has 176 valence electrons. The Morgan fingerprint density at radius 3 is 2.76 bits per heavy atom. The third-order valence-electron chi connectivity index (χ3n) is 6.27. The van der Waals surface area contributed by atoms with Crippen LogP contribution in [0.1, 0.15) is 38.3 Å². The molecule has 34 heavy (non-hydrogen) atoms. The van der Waals surface area contributed by atoms with Gasteiger partial charge in [0.05, 0.1) is 23.9 Å². The fourth-order valence-corrected chi connectivity index (χ4v) is 5.22. The van der Waals surface area contributed by atoms with Crippen molar-refractivity contribution in [3.63, 3.8) is 0 Å². The van der Waals surface area contributed by atoms with Crippen molar-refractivity contribution >= 4 is 28.6 Å². The number of aromatic nitrogens is 4. The van der Waals surface area contributed by atoms with Crippen LogP contribution < -0.4 is 5.32 Å². The number of carbonyl (C=O) groups excluding carboxylic acids is 1. The molecule has 2 N–H and O–H groups in total. The Hall–Kier alpha value is -3.10. The van der Waals surface area contributed by atoms with E-state index in [4.69, 9.17) is 4.74 Å². The summed E-state index contributed by atoms with van der Waals surface area (Å²) in [5, 5.41) is 13.7. The largest absolute Gasteiger partial charge is 0.376 e. The molecule has 0 radical (unpaired) electrons. The lowest BCUT2D eigenvalue weighted by Crippen LogP contribution is -2.33. The van der Waals surface area contributed by atoms with Gasteiger partial charge in [-0.3, -0.25) is 9.36 Å². The number of rotatable bonds is 8. The normalized spacial score (nSPS) is 17.6. The van der Waals surface area contributed by atoms with E-state index in [1.54, 1.807) is 0 Å². The lowest BCUT2D eigenvalue weighted by atomic mass is 10.1. The van der Waals surface area contributed by atoms with Gasteiger partial charge in [-0.05, 0) is 38.3 Å². The second kappa shape index (κ2) is 10.0. The highest BCUT2D eigenvalue weighted by Crippen LogP contribution is 2.32. The average Bonchev–Trinajstić information content (AvgIpc) is 3.61. The molecule has 1 saturated heterocycles.